The van der Waals surface area contributed by atoms with Crippen LogP contribution in [0.4, 0.5) is 8.78 Å². The van der Waals surface area contributed by atoms with Crippen LogP contribution < -0.4 is 5.32 Å². The molecule has 1 heterocycles. The summed E-state index contributed by atoms with van der Waals surface area (Å²) in [7, 11) is 0. The van der Waals surface area contributed by atoms with Crippen molar-refractivity contribution in [1.82, 2.24) is 5.32 Å². The Labute approximate surface area is 77.9 Å². The number of hydrogen-bond acceptors (Lipinski definition) is 1. The SMILES string of the molecule is FC(F)(C1CCC1)C1CCCCN1. The van der Waals surface area contributed by atoms with Gasteiger partial charge in [0.1, 0.15) is 0 Å². The summed E-state index contributed by atoms with van der Waals surface area (Å²) in [6.07, 6.45) is 5.12. The minimum Gasteiger partial charge on any atom is -0.309 e. The molecular weight excluding hydrogens is 172 g/mol. The number of hydrogen-bond donors (Lipinski definition) is 1. The second-order valence-electron chi connectivity index (χ2n) is 4.30. The van der Waals surface area contributed by atoms with Gasteiger partial charge >= 0.3 is 0 Å². The second-order valence-corrected chi connectivity index (χ2v) is 4.30. The van der Waals surface area contributed by atoms with Crippen LogP contribution in [-0.4, -0.2) is 18.5 Å². The summed E-state index contributed by atoms with van der Waals surface area (Å²) < 4.78 is 27.4. The predicted octanol–water partition coefficient (Wildman–Crippen LogP) is 2.56. The molecule has 0 amide bonds. The number of nitrogens with one attached hydrogen (secondary N) is 1. The van der Waals surface area contributed by atoms with Crippen molar-refractivity contribution in [3.63, 3.8) is 0 Å². The molecule has 0 radical (unpaired) electrons. The van der Waals surface area contributed by atoms with Crippen LogP contribution in [0.25, 0.3) is 0 Å². The van der Waals surface area contributed by atoms with Crippen LogP contribution in [0.3, 0.4) is 0 Å². The molecule has 1 atom stereocenters. The van der Waals surface area contributed by atoms with Gasteiger partial charge in [0, 0.05) is 5.92 Å². The van der Waals surface area contributed by atoms with Crippen molar-refractivity contribution in [2.75, 3.05) is 6.54 Å². The van der Waals surface area contributed by atoms with Gasteiger partial charge in [0.25, 0.3) is 5.92 Å². The van der Waals surface area contributed by atoms with Crippen LogP contribution in [0.5, 0.6) is 0 Å². The molecule has 3 heteroatoms. The van der Waals surface area contributed by atoms with Gasteiger partial charge in [-0.2, -0.15) is 0 Å². The van der Waals surface area contributed by atoms with Crippen molar-refractivity contribution in [3.8, 4) is 0 Å². The lowest BCUT2D eigenvalue weighted by molar-refractivity contribution is -0.119. The average molecular weight is 189 g/mol. The molecule has 2 fully saturated rings. The highest BCUT2D eigenvalue weighted by Crippen LogP contribution is 2.43. The first-order valence-electron chi connectivity index (χ1n) is 5.32. The van der Waals surface area contributed by atoms with Crippen LogP contribution in [-0.2, 0) is 0 Å². The van der Waals surface area contributed by atoms with E-state index in [1.807, 2.05) is 0 Å². The summed E-state index contributed by atoms with van der Waals surface area (Å²) in [5, 5.41) is 2.96. The van der Waals surface area contributed by atoms with Crippen molar-refractivity contribution in [2.24, 2.45) is 5.92 Å². The van der Waals surface area contributed by atoms with Gasteiger partial charge in [-0.05, 0) is 32.2 Å². The van der Waals surface area contributed by atoms with Gasteiger partial charge in [-0.3, -0.25) is 0 Å². The Morgan fingerprint density at radius 3 is 2.23 bits per heavy atom. The van der Waals surface area contributed by atoms with Crippen LogP contribution in [0, 0.1) is 5.92 Å². The first kappa shape index (κ1) is 9.38. The van der Waals surface area contributed by atoms with Gasteiger partial charge in [0.15, 0.2) is 0 Å². The molecule has 1 nitrogen and oxygen atoms in total. The lowest BCUT2D eigenvalue weighted by atomic mass is 9.76. The molecule has 0 aromatic rings. The van der Waals surface area contributed by atoms with E-state index in [1.54, 1.807) is 0 Å². The van der Waals surface area contributed by atoms with Crippen LogP contribution >= 0.6 is 0 Å². The summed E-state index contributed by atoms with van der Waals surface area (Å²) in [5.74, 6) is -2.78. The van der Waals surface area contributed by atoms with Crippen LogP contribution in [0.15, 0.2) is 0 Å². The van der Waals surface area contributed by atoms with Crippen LogP contribution in [0.2, 0.25) is 0 Å². The fraction of sp³-hybridized carbons (Fsp3) is 1.00. The third-order valence-electron chi connectivity index (χ3n) is 3.42. The molecule has 13 heavy (non-hydrogen) atoms. The van der Waals surface area contributed by atoms with E-state index in [4.69, 9.17) is 0 Å². The van der Waals surface area contributed by atoms with E-state index in [1.165, 1.54) is 0 Å². The standard InChI is InChI=1S/C10H17F2N/c11-10(12,8-4-3-5-8)9-6-1-2-7-13-9/h8-9,13H,1-7H2. The fourth-order valence-corrected chi connectivity index (χ4v) is 2.26. The number of halogens is 2. The Kier molecular flexibility index (Phi) is 2.54. The lowest BCUT2D eigenvalue weighted by Crippen LogP contribution is -2.53. The minimum absolute atomic E-state index is 0.330. The van der Waals surface area contributed by atoms with Crippen molar-refractivity contribution in [2.45, 2.75) is 50.5 Å². The molecule has 1 N–H and O–H groups in total. The second kappa shape index (κ2) is 3.52. The van der Waals surface area contributed by atoms with E-state index < -0.39 is 12.0 Å². The normalized spacial score (nSPS) is 31.4. The van der Waals surface area contributed by atoms with Gasteiger partial charge in [0.2, 0.25) is 0 Å². The first-order chi connectivity index (χ1) is 6.21. The zero-order valence-electron chi connectivity index (χ0n) is 7.86. The van der Waals surface area contributed by atoms with Gasteiger partial charge in [-0.25, -0.2) is 8.78 Å². The van der Waals surface area contributed by atoms with Crippen molar-refractivity contribution in [1.29, 1.82) is 0 Å². The smallest absolute Gasteiger partial charge is 0.265 e. The van der Waals surface area contributed by atoms with Crippen molar-refractivity contribution < 1.29 is 8.78 Å². The molecule has 2 rings (SSSR count). The first-order valence-corrected chi connectivity index (χ1v) is 5.32. The van der Waals surface area contributed by atoms with Gasteiger partial charge in [-0.1, -0.05) is 12.8 Å². The Morgan fingerprint density at radius 2 is 1.77 bits per heavy atom. The quantitative estimate of drug-likeness (QED) is 0.704. The summed E-state index contributed by atoms with van der Waals surface area (Å²) >= 11 is 0. The maximum atomic E-state index is 13.7. The summed E-state index contributed by atoms with van der Waals surface area (Å²) in [6, 6.07) is -0.536. The highest BCUT2D eigenvalue weighted by atomic mass is 19.3. The number of rotatable bonds is 2. The Balaban J connectivity index is 1.94. The van der Waals surface area contributed by atoms with E-state index in [-0.39, 0.29) is 5.92 Å². The molecule has 1 unspecified atom stereocenters. The van der Waals surface area contributed by atoms with Gasteiger partial charge in [-0.15, -0.1) is 0 Å². The molecule has 2 aliphatic rings. The number of alkyl halides is 2. The maximum Gasteiger partial charge on any atom is 0.265 e. The highest BCUT2D eigenvalue weighted by molar-refractivity contribution is 4.94. The topological polar surface area (TPSA) is 12.0 Å². The van der Waals surface area contributed by atoms with E-state index in [2.05, 4.69) is 5.32 Å². The fourth-order valence-electron chi connectivity index (χ4n) is 2.26. The van der Waals surface area contributed by atoms with E-state index in [9.17, 15) is 8.78 Å². The Hall–Kier alpha value is -0.180. The van der Waals surface area contributed by atoms with Crippen molar-refractivity contribution in [3.05, 3.63) is 0 Å². The zero-order chi connectivity index (χ0) is 9.31. The predicted molar refractivity (Wildman–Crippen MR) is 47.9 cm³/mol. The molecule has 1 aliphatic carbocycles. The Morgan fingerprint density at radius 1 is 1.00 bits per heavy atom. The Bertz CT molecular complexity index is 172. The maximum absolute atomic E-state index is 13.7. The highest BCUT2D eigenvalue weighted by Gasteiger charge is 2.48. The molecule has 0 aromatic carbocycles. The number of piperidine rings is 1. The molecule has 0 aromatic heterocycles. The van der Waals surface area contributed by atoms with Gasteiger partial charge in [0.05, 0.1) is 6.04 Å². The molecule has 76 valence electrons. The minimum atomic E-state index is -2.45. The average Bonchev–Trinajstić information content (AvgIpc) is 2.02. The third kappa shape index (κ3) is 1.71. The molecule has 1 saturated heterocycles. The molecule has 0 bridgehead atoms. The lowest BCUT2D eigenvalue weighted by Gasteiger charge is -2.40. The molecular formula is C10H17F2N. The largest absolute Gasteiger partial charge is 0.309 e. The molecule has 0 spiro atoms. The molecule has 1 saturated carbocycles. The summed E-state index contributed by atoms with van der Waals surface area (Å²) in [6.45, 7) is 0.771. The van der Waals surface area contributed by atoms with E-state index in [0.29, 0.717) is 6.42 Å². The monoisotopic (exact) mass is 189 g/mol. The summed E-state index contributed by atoms with van der Waals surface area (Å²) in [5.41, 5.74) is 0. The summed E-state index contributed by atoms with van der Waals surface area (Å²) in [4.78, 5) is 0. The third-order valence-corrected chi connectivity index (χ3v) is 3.42. The van der Waals surface area contributed by atoms with Crippen molar-refractivity contribution >= 4 is 0 Å². The van der Waals surface area contributed by atoms with E-state index >= 15 is 0 Å². The van der Waals surface area contributed by atoms with Crippen LogP contribution in [0.1, 0.15) is 38.5 Å². The molecule has 1 aliphatic heterocycles. The zero-order valence-corrected chi connectivity index (χ0v) is 7.86. The van der Waals surface area contributed by atoms with Gasteiger partial charge < -0.3 is 5.32 Å². The van der Waals surface area contributed by atoms with E-state index in [0.717, 1.165) is 38.6 Å².